The van der Waals surface area contributed by atoms with Gasteiger partial charge in [0.1, 0.15) is 0 Å². The Kier molecular flexibility index (Phi) is 4.14. The summed E-state index contributed by atoms with van der Waals surface area (Å²) in [4.78, 5) is 21.0. The molecule has 1 heterocycles. The number of rotatable bonds is 3. The van der Waals surface area contributed by atoms with Crippen LogP contribution in [0.5, 0.6) is 0 Å². The van der Waals surface area contributed by atoms with Crippen LogP contribution < -0.4 is 11.1 Å². The molecule has 0 radical (unpaired) electrons. The second-order valence-electron chi connectivity index (χ2n) is 5.47. The minimum absolute atomic E-state index is 0.0281. The highest BCUT2D eigenvalue weighted by Crippen LogP contribution is 2.36. The summed E-state index contributed by atoms with van der Waals surface area (Å²) in [5, 5.41) is 2.84. The minimum atomic E-state index is -0.431. The van der Waals surface area contributed by atoms with Crippen molar-refractivity contribution in [2.45, 2.75) is 46.0 Å². The average molecular weight is 262 g/mol. The number of nitrogens with zero attached hydrogens (tertiary/aromatic N) is 2. The van der Waals surface area contributed by atoms with Crippen molar-refractivity contribution in [3.05, 3.63) is 17.5 Å². The van der Waals surface area contributed by atoms with Gasteiger partial charge in [0.25, 0.3) is 0 Å². The number of hydrogen-bond acceptors (Lipinski definition) is 4. The Morgan fingerprint density at radius 1 is 1.26 bits per heavy atom. The molecule has 0 saturated heterocycles. The Labute approximate surface area is 114 Å². The van der Waals surface area contributed by atoms with Crippen LogP contribution in [-0.2, 0) is 4.79 Å². The lowest BCUT2D eigenvalue weighted by Crippen LogP contribution is -2.44. The number of aromatic nitrogens is 2. The average Bonchev–Trinajstić information content (AvgIpc) is 2.38. The van der Waals surface area contributed by atoms with Gasteiger partial charge in [-0.15, -0.1) is 0 Å². The van der Waals surface area contributed by atoms with Crippen molar-refractivity contribution in [2.75, 3.05) is 11.9 Å². The predicted molar refractivity (Wildman–Crippen MR) is 74.7 cm³/mol. The first-order valence-electron chi connectivity index (χ1n) is 6.89. The minimum Gasteiger partial charge on any atom is -0.329 e. The maximum atomic E-state index is 12.5. The van der Waals surface area contributed by atoms with E-state index in [1.165, 1.54) is 6.42 Å². The third kappa shape index (κ3) is 3.10. The van der Waals surface area contributed by atoms with Gasteiger partial charge in [-0.05, 0) is 32.8 Å². The molecule has 2 rings (SSSR count). The molecule has 0 aliphatic heterocycles. The van der Waals surface area contributed by atoms with E-state index in [1.54, 1.807) is 0 Å². The van der Waals surface area contributed by atoms with E-state index in [0.717, 1.165) is 37.1 Å². The second-order valence-corrected chi connectivity index (χ2v) is 5.47. The summed E-state index contributed by atoms with van der Waals surface area (Å²) >= 11 is 0. The quantitative estimate of drug-likeness (QED) is 0.872. The van der Waals surface area contributed by atoms with Gasteiger partial charge in [-0.1, -0.05) is 19.3 Å². The van der Waals surface area contributed by atoms with Gasteiger partial charge in [-0.3, -0.25) is 10.1 Å². The molecule has 1 aliphatic rings. The predicted octanol–water partition coefficient (Wildman–Crippen LogP) is 1.94. The van der Waals surface area contributed by atoms with Gasteiger partial charge in [0, 0.05) is 17.9 Å². The summed E-state index contributed by atoms with van der Waals surface area (Å²) in [6, 6.07) is 1.88. The first kappa shape index (κ1) is 13.9. The zero-order chi connectivity index (χ0) is 13.9. The van der Waals surface area contributed by atoms with Crippen molar-refractivity contribution in [2.24, 2.45) is 11.1 Å². The molecule has 1 amide bonds. The van der Waals surface area contributed by atoms with E-state index in [2.05, 4.69) is 15.3 Å². The Morgan fingerprint density at radius 3 is 2.37 bits per heavy atom. The van der Waals surface area contributed by atoms with Gasteiger partial charge in [-0.25, -0.2) is 9.97 Å². The number of aryl methyl sites for hydroxylation is 2. The van der Waals surface area contributed by atoms with Gasteiger partial charge >= 0.3 is 0 Å². The summed E-state index contributed by atoms with van der Waals surface area (Å²) in [6.45, 7) is 4.18. The molecule has 0 spiro atoms. The summed E-state index contributed by atoms with van der Waals surface area (Å²) < 4.78 is 0. The highest BCUT2D eigenvalue weighted by atomic mass is 16.2. The van der Waals surface area contributed by atoms with Crippen molar-refractivity contribution in [1.82, 2.24) is 9.97 Å². The lowest BCUT2D eigenvalue weighted by atomic mass is 9.73. The van der Waals surface area contributed by atoms with Crippen LogP contribution in [0.15, 0.2) is 6.07 Å². The standard InChI is InChI=1S/C14H22N4O/c1-10-8-11(2)17-13(16-10)18-12(19)14(9-15)6-4-3-5-7-14/h8H,3-7,9,15H2,1-2H3,(H,16,17,18,19). The number of anilines is 1. The van der Waals surface area contributed by atoms with Crippen LogP contribution in [0.1, 0.15) is 43.5 Å². The second kappa shape index (κ2) is 5.65. The fraction of sp³-hybridized carbons (Fsp3) is 0.643. The van der Waals surface area contributed by atoms with Crippen LogP contribution in [0.2, 0.25) is 0 Å². The van der Waals surface area contributed by atoms with Crippen LogP contribution in [0.4, 0.5) is 5.95 Å². The van der Waals surface area contributed by atoms with Gasteiger partial charge in [-0.2, -0.15) is 0 Å². The molecular weight excluding hydrogens is 240 g/mol. The van der Waals surface area contributed by atoms with Crippen molar-refractivity contribution in [3.63, 3.8) is 0 Å². The Bertz CT molecular complexity index is 446. The van der Waals surface area contributed by atoms with Crippen LogP contribution in [0, 0.1) is 19.3 Å². The third-order valence-electron chi connectivity index (χ3n) is 3.89. The summed E-state index contributed by atoms with van der Waals surface area (Å²) in [7, 11) is 0. The Hall–Kier alpha value is -1.49. The monoisotopic (exact) mass is 262 g/mol. The fourth-order valence-electron chi connectivity index (χ4n) is 2.77. The van der Waals surface area contributed by atoms with E-state index < -0.39 is 5.41 Å². The summed E-state index contributed by atoms with van der Waals surface area (Å²) in [5.74, 6) is 0.362. The van der Waals surface area contributed by atoms with Crippen molar-refractivity contribution >= 4 is 11.9 Å². The van der Waals surface area contributed by atoms with E-state index in [-0.39, 0.29) is 5.91 Å². The van der Waals surface area contributed by atoms with Crippen LogP contribution >= 0.6 is 0 Å². The number of nitrogens with two attached hydrogens (primary N) is 1. The Morgan fingerprint density at radius 2 is 1.84 bits per heavy atom. The van der Waals surface area contributed by atoms with Crippen molar-refractivity contribution in [3.8, 4) is 0 Å². The topological polar surface area (TPSA) is 80.9 Å². The van der Waals surface area contributed by atoms with E-state index in [1.807, 2.05) is 19.9 Å². The van der Waals surface area contributed by atoms with Crippen molar-refractivity contribution < 1.29 is 4.79 Å². The van der Waals surface area contributed by atoms with Gasteiger partial charge < -0.3 is 5.73 Å². The molecule has 1 fully saturated rings. The van der Waals surface area contributed by atoms with E-state index in [4.69, 9.17) is 5.73 Å². The fourth-order valence-corrected chi connectivity index (χ4v) is 2.77. The molecule has 104 valence electrons. The molecule has 0 unspecified atom stereocenters. The maximum absolute atomic E-state index is 12.5. The highest BCUT2D eigenvalue weighted by Gasteiger charge is 2.38. The number of carbonyl (C=O) groups excluding carboxylic acids is 1. The number of carbonyl (C=O) groups is 1. The number of nitrogens with one attached hydrogen (secondary N) is 1. The van der Waals surface area contributed by atoms with Crippen molar-refractivity contribution in [1.29, 1.82) is 0 Å². The molecule has 0 atom stereocenters. The smallest absolute Gasteiger partial charge is 0.234 e. The molecule has 3 N–H and O–H groups in total. The first-order valence-corrected chi connectivity index (χ1v) is 6.89. The third-order valence-corrected chi connectivity index (χ3v) is 3.89. The SMILES string of the molecule is Cc1cc(C)nc(NC(=O)C2(CN)CCCCC2)n1. The van der Waals surface area contributed by atoms with Gasteiger partial charge in [0.05, 0.1) is 5.41 Å². The zero-order valence-electron chi connectivity index (χ0n) is 11.7. The Balaban J connectivity index is 2.14. The molecule has 1 aromatic heterocycles. The lowest BCUT2D eigenvalue weighted by molar-refractivity contribution is -0.126. The molecule has 5 nitrogen and oxygen atoms in total. The molecule has 1 aliphatic carbocycles. The molecule has 19 heavy (non-hydrogen) atoms. The summed E-state index contributed by atoms with van der Waals surface area (Å²) in [5.41, 5.74) is 7.13. The van der Waals surface area contributed by atoms with Gasteiger partial charge in [0.15, 0.2) is 0 Å². The summed E-state index contributed by atoms with van der Waals surface area (Å²) in [6.07, 6.45) is 5.05. The first-order chi connectivity index (χ1) is 9.05. The largest absolute Gasteiger partial charge is 0.329 e. The molecule has 1 aromatic rings. The van der Waals surface area contributed by atoms with Crippen LogP contribution in [0.25, 0.3) is 0 Å². The zero-order valence-corrected chi connectivity index (χ0v) is 11.7. The molecule has 5 heteroatoms. The van der Waals surface area contributed by atoms with Gasteiger partial charge in [0.2, 0.25) is 11.9 Å². The molecule has 1 saturated carbocycles. The van der Waals surface area contributed by atoms with E-state index >= 15 is 0 Å². The lowest BCUT2D eigenvalue weighted by Gasteiger charge is -2.34. The highest BCUT2D eigenvalue weighted by molar-refractivity contribution is 5.94. The number of amides is 1. The molecular formula is C14H22N4O. The molecule has 0 bridgehead atoms. The van der Waals surface area contributed by atoms with E-state index in [9.17, 15) is 4.79 Å². The maximum Gasteiger partial charge on any atom is 0.234 e. The van der Waals surface area contributed by atoms with E-state index in [0.29, 0.717) is 12.5 Å². The number of hydrogen-bond donors (Lipinski definition) is 2. The van der Waals surface area contributed by atoms with Crippen LogP contribution in [0.3, 0.4) is 0 Å². The normalized spacial score (nSPS) is 18.1. The molecule has 0 aromatic carbocycles. The van der Waals surface area contributed by atoms with Crippen LogP contribution in [-0.4, -0.2) is 22.4 Å².